The lowest BCUT2D eigenvalue weighted by Gasteiger charge is -2.23. The highest BCUT2D eigenvalue weighted by atomic mass is 79.9. The van der Waals surface area contributed by atoms with E-state index in [1.807, 2.05) is 39.1 Å². The molecule has 0 fully saturated rings. The molecule has 0 radical (unpaired) electrons. The predicted octanol–water partition coefficient (Wildman–Crippen LogP) is 3.38. The first-order valence-corrected chi connectivity index (χ1v) is 7.46. The zero-order valence-electron chi connectivity index (χ0n) is 12.4. The van der Waals surface area contributed by atoms with Crippen LogP contribution in [0.2, 0.25) is 0 Å². The van der Waals surface area contributed by atoms with E-state index in [-0.39, 0.29) is 5.84 Å². The number of nitrogens with zero attached hydrogens (tertiary/aromatic N) is 2. The van der Waals surface area contributed by atoms with Crippen LogP contribution in [0.25, 0.3) is 0 Å². The van der Waals surface area contributed by atoms with Gasteiger partial charge in [0.15, 0.2) is 0 Å². The molecule has 21 heavy (non-hydrogen) atoms. The maximum atomic E-state index is 7.79. The molecule has 0 unspecified atom stereocenters. The summed E-state index contributed by atoms with van der Waals surface area (Å²) >= 11 is 3.44. The van der Waals surface area contributed by atoms with Gasteiger partial charge in [-0.3, -0.25) is 10.4 Å². The summed E-state index contributed by atoms with van der Waals surface area (Å²) in [6, 6.07) is 10.2. The lowest BCUT2D eigenvalue weighted by molar-refractivity contribution is 0.911. The van der Waals surface area contributed by atoms with Crippen LogP contribution in [0.15, 0.2) is 34.8 Å². The number of anilines is 1. The van der Waals surface area contributed by atoms with Crippen LogP contribution >= 0.6 is 15.9 Å². The van der Waals surface area contributed by atoms with Crippen LogP contribution in [-0.4, -0.2) is 17.9 Å². The number of benzene rings is 1. The van der Waals surface area contributed by atoms with Crippen molar-refractivity contribution in [1.29, 1.82) is 5.41 Å². The minimum Gasteiger partial charge on any atom is -0.384 e. The molecule has 0 bridgehead atoms. The first-order chi connectivity index (χ1) is 9.88. The Bertz CT molecular complexity index is 665. The summed E-state index contributed by atoms with van der Waals surface area (Å²) in [6.45, 7) is 4.59. The number of nitrogens with one attached hydrogen (secondary N) is 1. The number of aromatic nitrogens is 1. The number of nitrogen functional groups attached to an aromatic ring is 1. The van der Waals surface area contributed by atoms with Gasteiger partial charge in [-0.15, -0.1) is 0 Å². The molecule has 0 aliphatic heterocycles. The number of hydrogen-bond acceptors (Lipinski definition) is 3. The molecule has 2 aromatic rings. The average Bonchev–Trinajstić information content (AvgIpc) is 2.39. The van der Waals surface area contributed by atoms with Crippen molar-refractivity contribution in [2.45, 2.75) is 20.4 Å². The van der Waals surface area contributed by atoms with Gasteiger partial charge in [-0.1, -0.05) is 28.1 Å². The molecule has 0 aliphatic rings. The molecule has 1 aromatic heterocycles. The second kappa shape index (κ2) is 6.26. The highest BCUT2D eigenvalue weighted by Gasteiger charge is 2.15. The van der Waals surface area contributed by atoms with E-state index in [4.69, 9.17) is 11.1 Å². The molecule has 0 amide bonds. The van der Waals surface area contributed by atoms with Crippen LogP contribution in [-0.2, 0) is 6.54 Å². The Morgan fingerprint density at radius 2 is 1.90 bits per heavy atom. The standard InChI is InChI=1S/C16H19BrN4/c1-10-8-14(15(16(18)19)11(2)20-10)21(3)9-12-4-6-13(17)7-5-12/h4-8H,9H2,1-3H3,(H3,18,19). The van der Waals surface area contributed by atoms with Crippen LogP contribution in [0.1, 0.15) is 22.5 Å². The Morgan fingerprint density at radius 3 is 2.48 bits per heavy atom. The number of amidine groups is 1. The molecule has 3 N–H and O–H groups in total. The van der Waals surface area contributed by atoms with E-state index >= 15 is 0 Å². The fourth-order valence-electron chi connectivity index (χ4n) is 2.39. The molecule has 0 saturated carbocycles. The summed E-state index contributed by atoms with van der Waals surface area (Å²) in [6.07, 6.45) is 0. The lowest BCUT2D eigenvalue weighted by atomic mass is 10.1. The van der Waals surface area contributed by atoms with Crippen molar-refractivity contribution in [2.24, 2.45) is 5.73 Å². The van der Waals surface area contributed by atoms with Gasteiger partial charge in [0.05, 0.1) is 16.9 Å². The largest absolute Gasteiger partial charge is 0.384 e. The Labute approximate surface area is 133 Å². The van der Waals surface area contributed by atoms with Crippen molar-refractivity contribution in [2.75, 3.05) is 11.9 Å². The summed E-state index contributed by atoms with van der Waals surface area (Å²) in [5.74, 6) is 0.0534. The minimum atomic E-state index is 0.0534. The van der Waals surface area contributed by atoms with Crippen molar-refractivity contribution in [3.8, 4) is 0 Å². The second-order valence-corrected chi connectivity index (χ2v) is 6.06. The molecule has 0 aliphatic carbocycles. The molecule has 0 spiro atoms. The monoisotopic (exact) mass is 346 g/mol. The van der Waals surface area contributed by atoms with E-state index in [0.717, 1.165) is 28.1 Å². The molecular weight excluding hydrogens is 328 g/mol. The van der Waals surface area contributed by atoms with E-state index in [2.05, 4.69) is 37.9 Å². The maximum absolute atomic E-state index is 7.79. The van der Waals surface area contributed by atoms with E-state index < -0.39 is 0 Å². The number of aryl methyl sites for hydroxylation is 2. The van der Waals surface area contributed by atoms with E-state index in [9.17, 15) is 0 Å². The van der Waals surface area contributed by atoms with Crippen LogP contribution < -0.4 is 10.6 Å². The molecule has 110 valence electrons. The van der Waals surface area contributed by atoms with Crippen molar-refractivity contribution in [1.82, 2.24) is 4.98 Å². The minimum absolute atomic E-state index is 0.0534. The Morgan fingerprint density at radius 1 is 1.29 bits per heavy atom. The van der Waals surface area contributed by atoms with Crippen LogP contribution in [0.5, 0.6) is 0 Å². The normalized spacial score (nSPS) is 10.5. The molecule has 0 atom stereocenters. The number of hydrogen-bond donors (Lipinski definition) is 2. The van der Waals surface area contributed by atoms with Gasteiger partial charge in [0.2, 0.25) is 0 Å². The van der Waals surface area contributed by atoms with E-state index in [0.29, 0.717) is 5.56 Å². The van der Waals surface area contributed by atoms with Gasteiger partial charge in [-0.25, -0.2) is 0 Å². The quantitative estimate of drug-likeness (QED) is 0.658. The summed E-state index contributed by atoms with van der Waals surface area (Å²) < 4.78 is 1.06. The van der Waals surface area contributed by atoms with Crippen molar-refractivity contribution < 1.29 is 0 Å². The number of rotatable bonds is 4. The smallest absolute Gasteiger partial charge is 0.126 e. The summed E-state index contributed by atoms with van der Waals surface area (Å²) in [5.41, 5.74) is 10.3. The number of pyridine rings is 1. The predicted molar refractivity (Wildman–Crippen MR) is 91.0 cm³/mol. The zero-order valence-corrected chi connectivity index (χ0v) is 14.0. The molecule has 1 heterocycles. The van der Waals surface area contributed by atoms with Gasteiger partial charge in [0, 0.05) is 23.8 Å². The molecule has 0 saturated heterocycles. The van der Waals surface area contributed by atoms with Crippen molar-refractivity contribution >= 4 is 27.5 Å². The SMILES string of the molecule is Cc1cc(N(C)Cc2ccc(Br)cc2)c(C(=N)N)c(C)n1. The molecule has 1 aromatic carbocycles. The maximum Gasteiger partial charge on any atom is 0.126 e. The second-order valence-electron chi connectivity index (χ2n) is 5.14. The van der Waals surface area contributed by atoms with E-state index in [1.54, 1.807) is 0 Å². The molecule has 2 rings (SSSR count). The number of halogens is 1. The van der Waals surface area contributed by atoms with Crippen LogP contribution in [0.3, 0.4) is 0 Å². The average molecular weight is 347 g/mol. The zero-order chi connectivity index (χ0) is 15.6. The highest BCUT2D eigenvalue weighted by molar-refractivity contribution is 9.10. The first kappa shape index (κ1) is 15.5. The van der Waals surface area contributed by atoms with E-state index in [1.165, 1.54) is 5.56 Å². The Kier molecular flexibility index (Phi) is 4.63. The molecular formula is C16H19BrN4. The van der Waals surface area contributed by atoms with Gasteiger partial charge in [0.25, 0.3) is 0 Å². The Balaban J connectivity index is 2.36. The van der Waals surface area contributed by atoms with Gasteiger partial charge in [-0.05, 0) is 37.6 Å². The molecule has 5 heteroatoms. The molecule has 4 nitrogen and oxygen atoms in total. The summed E-state index contributed by atoms with van der Waals surface area (Å²) in [4.78, 5) is 6.50. The third kappa shape index (κ3) is 3.61. The van der Waals surface area contributed by atoms with Crippen molar-refractivity contribution in [3.63, 3.8) is 0 Å². The lowest BCUT2D eigenvalue weighted by Crippen LogP contribution is -2.23. The van der Waals surface area contributed by atoms with Gasteiger partial charge in [0.1, 0.15) is 5.84 Å². The number of nitrogens with two attached hydrogens (primary N) is 1. The van der Waals surface area contributed by atoms with Gasteiger partial charge < -0.3 is 10.6 Å². The summed E-state index contributed by atoms with van der Waals surface area (Å²) in [5, 5.41) is 7.79. The Hall–Kier alpha value is -1.88. The third-order valence-corrected chi connectivity index (χ3v) is 3.85. The topological polar surface area (TPSA) is 66.0 Å². The summed E-state index contributed by atoms with van der Waals surface area (Å²) in [7, 11) is 2.00. The third-order valence-electron chi connectivity index (χ3n) is 3.32. The van der Waals surface area contributed by atoms with Crippen molar-refractivity contribution in [3.05, 3.63) is 57.3 Å². The fourth-order valence-corrected chi connectivity index (χ4v) is 2.66. The first-order valence-electron chi connectivity index (χ1n) is 6.66. The van der Waals surface area contributed by atoms with Crippen LogP contribution in [0.4, 0.5) is 5.69 Å². The highest BCUT2D eigenvalue weighted by Crippen LogP contribution is 2.24. The van der Waals surface area contributed by atoms with Gasteiger partial charge in [-0.2, -0.15) is 0 Å². The van der Waals surface area contributed by atoms with Gasteiger partial charge >= 0.3 is 0 Å². The fraction of sp³-hybridized carbons (Fsp3) is 0.250. The van der Waals surface area contributed by atoms with Crippen LogP contribution in [0, 0.1) is 19.3 Å².